The number of hydrogen-bond donors (Lipinski definition) is 1. The minimum atomic E-state index is 0.635. The highest BCUT2D eigenvalue weighted by molar-refractivity contribution is 4.83. The fourth-order valence-corrected chi connectivity index (χ4v) is 1.69. The van der Waals surface area contributed by atoms with Crippen molar-refractivity contribution >= 4 is 0 Å². The van der Waals surface area contributed by atoms with Crippen LogP contribution in [0.15, 0.2) is 0 Å². The van der Waals surface area contributed by atoms with E-state index in [0.717, 1.165) is 0 Å². The van der Waals surface area contributed by atoms with Gasteiger partial charge in [0.15, 0.2) is 0 Å². The first-order valence-corrected chi connectivity index (χ1v) is 6.89. The third-order valence-corrected chi connectivity index (χ3v) is 2.59. The van der Waals surface area contributed by atoms with Gasteiger partial charge in [0.05, 0.1) is 0 Å². The van der Waals surface area contributed by atoms with E-state index >= 15 is 0 Å². The lowest BCUT2D eigenvalue weighted by Gasteiger charge is -2.21. The Kier molecular flexibility index (Phi) is 13.9. The van der Waals surface area contributed by atoms with Crippen LogP contribution in [0.3, 0.4) is 0 Å². The van der Waals surface area contributed by atoms with Crippen molar-refractivity contribution in [2.24, 2.45) is 5.41 Å². The van der Waals surface area contributed by atoms with Crippen molar-refractivity contribution in [2.75, 3.05) is 13.1 Å². The lowest BCUT2D eigenvalue weighted by Crippen LogP contribution is -2.19. The lowest BCUT2D eigenvalue weighted by atomic mass is 9.84. The first-order valence-electron chi connectivity index (χ1n) is 6.89. The van der Waals surface area contributed by atoms with Crippen molar-refractivity contribution in [3.05, 3.63) is 0 Å². The van der Waals surface area contributed by atoms with Crippen LogP contribution in [0.2, 0.25) is 0 Å². The Labute approximate surface area is 98.0 Å². The fourth-order valence-electron chi connectivity index (χ4n) is 1.69. The second kappa shape index (κ2) is 12.0. The molecule has 1 fully saturated rings. The molecular formula is C14H33N. The number of unbranched alkanes of at least 4 members (excludes halogenated alkanes) is 1. The highest BCUT2D eigenvalue weighted by Gasteiger charge is 2.26. The molecule has 0 saturated carbocycles. The van der Waals surface area contributed by atoms with Crippen LogP contribution in [0, 0.1) is 5.41 Å². The largest absolute Gasteiger partial charge is 0.316 e. The zero-order chi connectivity index (χ0) is 12.2. The van der Waals surface area contributed by atoms with Crippen LogP contribution >= 0.6 is 0 Å². The van der Waals surface area contributed by atoms with Gasteiger partial charge in [-0.05, 0) is 24.8 Å². The normalized spacial score (nSPS) is 23.6. The molecule has 0 unspecified atom stereocenters. The van der Waals surface area contributed by atoms with E-state index in [-0.39, 0.29) is 0 Å². The molecule has 0 radical (unpaired) electrons. The minimum Gasteiger partial charge on any atom is -0.316 e. The van der Waals surface area contributed by atoms with Crippen LogP contribution in [0.5, 0.6) is 0 Å². The van der Waals surface area contributed by atoms with Crippen LogP contribution in [0.4, 0.5) is 0 Å². The maximum Gasteiger partial charge on any atom is 0.000564 e. The molecule has 1 aliphatic heterocycles. The van der Waals surface area contributed by atoms with E-state index in [1.54, 1.807) is 0 Å². The number of nitrogens with one attached hydrogen (secondary N) is 1. The summed E-state index contributed by atoms with van der Waals surface area (Å²) in [5, 5.41) is 3.42. The summed E-state index contributed by atoms with van der Waals surface area (Å²) in [4.78, 5) is 0. The van der Waals surface area contributed by atoms with Gasteiger partial charge in [0.1, 0.15) is 0 Å². The van der Waals surface area contributed by atoms with Crippen molar-refractivity contribution in [2.45, 2.75) is 73.6 Å². The summed E-state index contributed by atoms with van der Waals surface area (Å²) in [5.41, 5.74) is 0.635. The Balaban J connectivity index is 0. The van der Waals surface area contributed by atoms with E-state index in [1.807, 2.05) is 13.8 Å². The molecule has 1 heterocycles. The van der Waals surface area contributed by atoms with Gasteiger partial charge in [0.2, 0.25) is 0 Å². The Hall–Kier alpha value is -0.0400. The molecule has 0 spiro atoms. The summed E-state index contributed by atoms with van der Waals surface area (Å²) in [6.45, 7) is 15.4. The fraction of sp³-hybridized carbons (Fsp3) is 1.00. The van der Waals surface area contributed by atoms with Gasteiger partial charge in [-0.1, -0.05) is 60.8 Å². The Morgan fingerprint density at radius 3 is 2.00 bits per heavy atom. The van der Waals surface area contributed by atoms with Crippen LogP contribution in [-0.4, -0.2) is 13.1 Å². The molecule has 1 N–H and O–H groups in total. The van der Waals surface area contributed by atoms with Crippen LogP contribution < -0.4 is 5.32 Å². The molecule has 1 aliphatic rings. The molecule has 1 nitrogen and oxygen atoms in total. The second-order valence-electron chi connectivity index (χ2n) is 4.55. The summed E-state index contributed by atoms with van der Waals surface area (Å²) in [6, 6.07) is 0. The van der Waals surface area contributed by atoms with Gasteiger partial charge >= 0.3 is 0 Å². The van der Waals surface area contributed by atoms with Gasteiger partial charge < -0.3 is 5.32 Å². The standard InChI is InChI=1S/C9H19N.C3H8.C2H6/c1-3-4-5-9(2)6-7-10-8-9;1-3-2;1-2/h10H,3-8H2,1-2H3;3H2,1-2H3;1-2H3/t9-;;/m0../s1. The van der Waals surface area contributed by atoms with E-state index in [2.05, 4.69) is 33.0 Å². The molecule has 0 aromatic rings. The highest BCUT2D eigenvalue weighted by atomic mass is 14.9. The first kappa shape index (κ1) is 17.4. The molecular weight excluding hydrogens is 182 g/mol. The Morgan fingerprint density at radius 1 is 1.13 bits per heavy atom. The van der Waals surface area contributed by atoms with Gasteiger partial charge in [0, 0.05) is 6.54 Å². The molecule has 94 valence electrons. The van der Waals surface area contributed by atoms with Gasteiger partial charge in [-0.15, -0.1) is 0 Å². The smallest absolute Gasteiger partial charge is 0.000564 e. The van der Waals surface area contributed by atoms with Crippen molar-refractivity contribution in [3.63, 3.8) is 0 Å². The Bertz CT molecular complexity index is 104. The molecule has 1 rings (SSSR count). The maximum absolute atomic E-state index is 3.42. The first-order chi connectivity index (χ1) is 7.18. The maximum atomic E-state index is 3.42. The topological polar surface area (TPSA) is 12.0 Å². The molecule has 0 aliphatic carbocycles. The molecule has 0 amide bonds. The summed E-state index contributed by atoms with van der Waals surface area (Å²) >= 11 is 0. The second-order valence-corrected chi connectivity index (χ2v) is 4.55. The molecule has 1 heteroatoms. The third kappa shape index (κ3) is 10.2. The molecule has 0 bridgehead atoms. The number of rotatable bonds is 3. The lowest BCUT2D eigenvalue weighted by molar-refractivity contribution is 0.323. The third-order valence-electron chi connectivity index (χ3n) is 2.59. The van der Waals surface area contributed by atoms with Crippen molar-refractivity contribution in [1.82, 2.24) is 5.32 Å². The summed E-state index contributed by atoms with van der Waals surface area (Å²) in [5.74, 6) is 0. The summed E-state index contributed by atoms with van der Waals surface area (Å²) < 4.78 is 0. The van der Waals surface area contributed by atoms with Gasteiger partial charge in [-0.3, -0.25) is 0 Å². The summed E-state index contributed by atoms with van der Waals surface area (Å²) in [7, 11) is 0. The van der Waals surface area contributed by atoms with E-state index in [9.17, 15) is 0 Å². The molecule has 15 heavy (non-hydrogen) atoms. The predicted octanol–water partition coefficient (Wildman–Crippen LogP) is 4.62. The van der Waals surface area contributed by atoms with Crippen LogP contribution in [-0.2, 0) is 0 Å². The number of hydrogen-bond acceptors (Lipinski definition) is 1. The minimum absolute atomic E-state index is 0.635. The molecule has 1 saturated heterocycles. The SMILES string of the molecule is CC.CCC.CCCC[C@@]1(C)CCNC1. The van der Waals surface area contributed by atoms with Crippen LogP contribution in [0.25, 0.3) is 0 Å². The average Bonchev–Trinajstić information content (AvgIpc) is 2.67. The molecule has 0 aromatic heterocycles. The van der Waals surface area contributed by atoms with Crippen LogP contribution in [0.1, 0.15) is 73.6 Å². The average molecular weight is 215 g/mol. The zero-order valence-electron chi connectivity index (χ0n) is 11.9. The molecule has 0 aromatic carbocycles. The van der Waals surface area contributed by atoms with E-state index < -0.39 is 0 Å². The monoisotopic (exact) mass is 215 g/mol. The quantitative estimate of drug-likeness (QED) is 0.724. The van der Waals surface area contributed by atoms with Gasteiger partial charge in [-0.25, -0.2) is 0 Å². The van der Waals surface area contributed by atoms with Gasteiger partial charge in [-0.2, -0.15) is 0 Å². The predicted molar refractivity (Wildman–Crippen MR) is 72.4 cm³/mol. The Morgan fingerprint density at radius 2 is 1.67 bits per heavy atom. The van der Waals surface area contributed by atoms with Crippen molar-refractivity contribution in [1.29, 1.82) is 0 Å². The molecule has 1 atom stereocenters. The van der Waals surface area contributed by atoms with E-state index in [1.165, 1.54) is 45.2 Å². The highest BCUT2D eigenvalue weighted by Crippen LogP contribution is 2.30. The zero-order valence-corrected chi connectivity index (χ0v) is 11.9. The van der Waals surface area contributed by atoms with Crippen molar-refractivity contribution < 1.29 is 0 Å². The van der Waals surface area contributed by atoms with Crippen molar-refractivity contribution in [3.8, 4) is 0 Å². The van der Waals surface area contributed by atoms with E-state index in [0.29, 0.717) is 5.41 Å². The van der Waals surface area contributed by atoms with E-state index in [4.69, 9.17) is 0 Å². The summed E-state index contributed by atoms with van der Waals surface area (Å²) in [6.07, 6.45) is 6.79. The van der Waals surface area contributed by atoms with Gasteiger partial charge in [0.25, 0.3) is 0 Å².